The molecule has 33 heavy (non-hydrogen) atoms. The number of ether oxygens (including phenoxy) is 1. The van der Waals surface area contributed by atoms with Crippen molar-refractivity contribution in [1.82, 2.24) is 19.7 Å². The highest BCUT2D eigenvalue weighted by Crippen LogP contribution is 2.40. The Kier molecular flexibility index (Phi) is 4.95. The molecule has 166 valence electrons. The molecule has 1 aliphatic rings. The Bertz CT molecular complexity index is 1410. The summed E-state index contributed by atoms with van der Waals surface area (Å²) in [5.74, 6) is 1.25. The van der Waals surface area contributed by atoms with E-state index in [0.717, 1.165) is 70.7 Å². The third kappa shape index (κ3) is 3.33. The molecule has 1 aromatic carbocycles. The number of fused-ring (bicyclic) bond motifs is 3. The molecular weight excluding hydrogens is 412 g/mol. The topological polar surface area (TPSA) is 66.0 Å². The van der Waals surface area contributed by atoms with Crippen LogP contribution in [0, 0.1) is 19.8 Å². The van der Waals surface area contributed by atoms with Gasteiger partial charge >= 0.3 is 0 Å². The van der Waals surface area contributed by atoms with E-state index < -0.39 is 0 Å². The Balaban J connectivity index is 1.65. The first-order chi connectivity index (χ1) is 16.2. The van der Waals surface area contributed by atoms with Crippen LogP contribution in [0.2, 0.25) is 0 Å². The molecule has 4 aromatic heterocycles. The molecule has 0 radical (unpaired) electrons. The van der Waals surface area contributed by atoms with Gasteiger partial charge < -0.3 is 13.8 Å². The van der Waals surface area contributed by atoms with E-state index in [2.05, 4.69) is 52.2 Å². The zero-order chi connectivity index (χ0) is 22.4. The highest BCUT2D eigenvalue weighted by molar-refractivity contribution is 6.05. The SMILES string of the molecule is Cc1noc(C)c1-c1cnc2c3cccnc3n(C(c3ccccc3)C3CCOCC3)c2c1. The second-order valence-corrected chi connectivity index (χ2v) is 8.84. The Morgan fingerprint density at radius 2 is 1.82 bits per heavy atom. The van der Waals surface area contributed by atoms with E-state index in [0.29, 0.717) is 5.92 Å². The number of aromatic nitrogens is 4. The van der Waals surface area contributed by atoms with Crippen LogP contribution in [-0.4, -0.2) is 32.9 Å². The summed E-state index contributed by atoms with van der Waals surface area (Å²) in [4.78, 5) is 9.78. The zero-order valence-electron chi connectivity index (χ0n) is 18.9. The molecule has 1 saturated heterocycles. The van der Waals surface area contributed by atoms with Gasteiger partial charge in [-0.3, -0.25) is 4.98 Å². The Morgan fingerprint density at radius 1 is 1.00 bits per heavy atom. The smallest absolute Gasteiger partial charge is 0.143 e. The molecule has 5 heterocycles. The van der Waals surface area contributed by atoms with Gasteiger partial charge in [-0.25, -0.2) is 4.98 Å². The minimum absolute atomic E-state index is 0.145. The van der Waals surface area contributed by atoms with E-state index in [-0.39, 0.29) is 6.04 Å². The van der Waals surface area contributed by atoms with Crippen LogP contribution in [0.3, 0.4) is 0 Å². The van der Waals surface area contributed by atoms with Gasteiger partial charge in [-0.15, -0.1) is 0 Å². The average molecular weight is 439 g/mol. The first-order valence-electron chi connectivity index (χ1n) is 11.5. The van der Waals surface area contributed by atoms with Crippen molar-refractivity contribution in [2.24, 2.45) is 5.92 Å². The quantitative estimate of drug-likeness (QED) is 0.351. The molecule has 0 amide bonds. The number of benzene rings is 1. The maximum Gasteiger partial charge on any atom is 0.143 e. The lowest BCUT2D eigenvalue weighted by Gasteiger charge is -2.32. The fourth-order valence-corrected chi connectivity index (χ4v) is 5.36. The van der Waals surface area contributed by atoms with E-state index in [9.17, 15) is 0 Å². The van der Waals surface area contributed by atoms with Crippen LogP contribution in [-0.2, 0) is 4.74 Å². The van der Waals surface area contributed by atoms with E-state index in [1.807, 2.05) is 32.3 Å². The molecule has 5 aromatic rings. The van der Waals surface area contributed by atoms with Gasteiger partial charge in [0, 0.05) is 42.1 Å². The summed E-state index contributed by atoms with van der Waals surface area (Å²) in [7, 11) is 0. The molecule has 6 heteroatoms. The van der Waals surface area contributed by atoms with Gasteiger partial charge in [-0.1, -0.05) is 35.5 Å². The lowest BCUT2D eigenvalue weighted by Crippen LogP contribution is -2.27. The maximum atomic E-state index is 5.72. The van der Waals surface area contributed by atoms with Crippen molar-refractivity contribution in [3.63, 3.8) is 0 Å². The van der Waals surface area contributed by atoms with Gasteiger partial charge in [-0.05, 0) is 56.4 Å². The average Bonchev–Trinajstić information content (AvgIpc) is 3.37. The van der Waals surface area contributed by atoms with E-state index in [1.165, 1.54) is 5.56 Å². The number of rotatable bonds is 4. The van der Waals surface area contributed by atoms with Crippen LogP contribution in [0.25, 0.3) is 33.2 Å². The maximum absolute atomic E-state index is 5.72. The molecule has 1 aliphatic heterocycles. The number of pyridine rings is 2. The second kappa shape index (κ2) is 8.12. The third-order valence-corrected chi connectivity index (χ3v) is 6.85. The van der Waals surface area contributed by atoms with Gasteiger partial charge in [0.1, 0.15) is 11.4 Å². The molecule has 6 rings (SSSR count). The van der Waals surface area contributed by atoms with Crippen molar-refractivity contribution in [3.8, 4) is 11.1 Å². The van der Waals surface area contributed by atoms with E-state index in [4.69, 9.17) is 19.2 Å². The van der Waals surface area contributed by atoms with Crippen LogP contribution < -0.4 is 0 Å². The van der Waals surface area contributed by atoms with Crippen LogP contribution in [0.15, 0.2) is 65.4 Å². The van der Waals surface area contributed by atoms with Crippen LogP contribution in [0.5, 0.6) is 0 Å². The summed E-state index contributed by atoms with van der Waals surface area (Å²) in [6, 6.07) is 17.3. The summed E-state index contributed by atoms with van der Waals surface area (Å²) in [6.07, 6.45) is 5.84. The van der Waals surface area contributed by atoms with Gasteiger partial charge in [0.2, 0.25) is 0 Å². The summed E-state index contributed by atoms with van der Waals surface area (Å²) >= 11 is 0. The van der Waals surface area contributed by atoms with Crippen molar-refractivity contribution in [3.05, 3.63) is 77.9 Å². The van der Waals surface area contributed by atoms with E-state index in [1.54, 1.807) is 0 Å². The Hall–Kier alpha value is -3.51. The molecule has 1 fully saturated rings. The molecule has 6 nitrogen and oxygen atoms in total. The molecule has 0 spiro atoms. The molecule has 0 N–H and O–H groups in total. The predicted octanol–water partition coefficient (Wildman–Crippen LogP) is 5.87. The predicted molar refractivity (Wildman–Crippen MR) is 128 cm³/mol. The Labute approximate surface area is 192 Å². The van der Waals surface area contributed by atoms with Crippen LogP contribution in [0.4, 0.5) is 0 Å². The largest absolute Gasteiger partial charge is 0.381 e. The summed E-state index contributed by atoms with van der Waals surface area (Å²) in [5, 5.41) is 5.23. The fourth-order valence-electron chi connectivity index (χ4n) is 5.36. The first-order valence-corrected chi connectivity index (χ1v) is 11.5. The number of hydrogen-bond acceptors (Lipinski definition) is 5. The lowest BCUT2D eigenvalue weighted by atomic mass is 9.86. The summed E-state index contributed by atoms with van der Waals surface area (Å²) < 4.78 is 13.6. The van der Waals surface area contributed by atoms with Gasteiger partial charge in [-0.2, -0.15) is 0 Å². The molecule has 0 aliphatic carbocycles. The van der Waals surface area contributed by atoms with Crippen molar-refractivity contribution >= 4 is 22.1 Å². The van der Waals surface area contributed by atoms with Gasteiger partial charge in [0.25, 0.3) is 0 Å². The highest BCUT2D eigenvalue weighted by Gasteiger charge is 2.30. The molecular formula is C27H26N4O2. The number of hydrogen-bond donors (Lipinski definition) is 0. The van der Waals surface area contributed by atoms with Crippen LogP contribution >= 0.6 is 0 Å². The highest BCUT2D eigenvalue weighted by atomic mass is 16.5. The number of aryl methyl sites for hydroxylation is 2. The monoisotopic (exact) mass is 438 g/mol. The van der Waals surface area contributed by atoms with E-state index >= 15 is 0 Å². The lowest BCUT2D eigenvalue weighted by molar-refractivity contribution is 0.0552. The Morgan fingerprint density at radius 3 is 2.58 bits per heavy atom. The molecule has 1 atom stereocenters. The first kappa shape index (κ1) is 20.1. The minimum atomic E-state index is 0.145. The molecule has 0 saturated carbocycles. The van der Waals surface area contributed by atoms with Crippen molar-refractivity contribution in [2.75, 3.05) is 13.2 Å². The van der Waals surface area contributed by atoms with Crippen molar-refractivity contribution in [2.45, 2.75) is 32.7 Å². The minimum Gasteiger partial charge on any atom is -0.381 e. The van der Waals surface area contributed by atoms with Crippen molar-refractivity contribution < 1.29 is 9.26 Å². The normalized spacial score (nSPS) is 15.9. The second-order valence-electron chi connectivity index (χ2n) is 8.84. The third-order valence-electron chi connectivity index (χ3n) is 6.85. The summed E-state index contributed by atoms with van der Waals surface area (Å²) in [6.45, 7) is 5.51. The van der Waals surface area contributed by atoms with Crippen molar-refractivity contribution in [1.29, 1.82) is 0 Å². The molecule has 0 bridgehead atoms. The standard InChI is InChI=1S/C27H26N4O2/c1-17-24(18(2)33-30-17)21-15-23-25(29-16-21)22-9-6-12-28-27(22)31(23)26(19-7-4-3-5-8-19)20-10-13-32-14-11-20/h3-9,12,15-16,20,26H,10-11,13-14H2,1-2H3. The van der Waals surface area contributed by atoms with Crippen LogP contribution in [0.1, 0.15) is 35.9 Å². The molecule has 1 unspecified atom stereocenters. The summed E-state index contributed by atoms with van der Waals surface area (Å²) in [5.41, 5.74) is 7.22. The zero-order valence-corrected chi connectivity index (χ0v) is 18.9. The fraction of sp³-hybridized carbons (Fsp3) is 0.296. The number of nitrogens with zero attached hydrogens (tertiary/aromatic N) is 4. The van der Waals surface area contributed by atoms with Gasteiger partial charge in [0.05, 0.1) is 22.8 Å². The van der Waals surface area contributed by atoms with Gasteiger partial charge in [0.15, 0.2) is 0 Å².